The summed E-state index contributed by atoms with van der Waals surface area (Å²) >= 11 is 0. The van der Waals surface area contributed by atoms with E-state index in [0.29, 0.717) is 19.0 Å². The number of aromatic nitrogens is 2. The number of rotatable bonds is 7. The van der Waals surface area contributed by atoms with Crippen LogP contribution in [0.3, 0.4) is 0 Å². The van der Waals surface area contributed by atoms with E-state index in [1.807, 2.05) is 47.3 Å². The van der Waals surface area contributed by atoms with E-state index in [9.17, 15) is 0 Å². The number of hydrogen-bond donors (Lipinski definition) is 2. The standard InChI is InChI=1S/C21H25N5O2/c1-22-21(24-15-17-8-9-19(27-2)13-20(17)28-3)23-14-16-6-4-7-18(12-16)26-11-5-10-25-26/h4-13H,14-15H2,1-3H3,(H2,22,23,24). The summed E-state index contributed by atoms with van der Waals surface area (Å²) in [6.07, 6.45) is 3.69. The van der Waals surface area contributed by atoms with Crippen molar-refractivity contribution in [3.8, 4) is 17.2 Å². The van der Waals surface area contributed by atoms with Crippen molar-refractivity contribution in [2.24, 2.45) is 4.99 Å². The van der Waals surface area contributed by atoms with Crippen LogP contribution in [0.2, 0.25) is 0 Å². The molecule has 0 saturated heterocycles. The van der Waals surface area contributed by atoms with Crippen molar-refractivity contribution in [1.29, 1.82) is 0 Å². The van der Waals surface area contributed by atoms with Crippen LogP contribution in [0.1, 0.15) is 11.1 Å². The van der Waals surface area contributed by atoms with Gasteiger partial charge < -0.3 is 20.1 Å². The van der Waals surface area contributed by atoms with Gasteiger partial charge in [0.15, 0.2) is 5.96 Å². The van der Waals surface area contributed by atoms with E-state index in [1.54, 1.807) is 27.5 Å². The van der Waals surface area contributed by atoms with Gasteiger partial charge in [0.05, 0.1) is 19.9 Å². The van der Waals surface area contributed by atoms with Gasteiger partial charge in [0.2, 0.25) is 0 Å². The molecule has 0 saturated carbocycles. The fourth-order valence-electron chi connectivity index (χ4n) is 2.81. The lowest BCUT2D eigenvalue weighted by molar-refractivity contribution is 0.390. The van der Waals surface area contributed by atoms with Gasteiger partial charge in [0, 0.05) is 44.2 Å². The molecule has 0 bridgehead atoms. The third-order valence-corrected chi connectivity index (χ3v) is 4.30. The van der Waals surface area contributed by atoms with Gasteiger partial charge in [-0.1, -0.05) is 12.1 Å². The number of aliphatic imine (C=N–C) groups is 1. The average molecular weight is 379 g/mol. The molecule has 3 rings (SSSR count). The molecule has 0 radical (unpaired) electrons. The molecule has 0 aliphatic rings. The molecule has 28 heavy (non-hydrogen) atoms. The zero-order valence-electron chi connectivity index (χ0n) is 16.3. The van der Waals surface area contributed by atoms with Crippen LogP contribution in [0.15, 0.2) is 65.9 Å². The third-order valence-electron chi connectivity index (χ3n) is 4.30. The van der Waals surface area contributed by atoms with Crippen molar-refractivity contribution >= 4 is 5.96 Å². The van der Waals surface area contributed by atoms with Crippen LogP contribution in [-0.4, -0.2) is 37.0 Å². The van der Waals surface area contributed by atoms with E-state index >= 15 is 0 Å². The number of nitrogens with zero attached hydrogens (tertiary/aromatic N) is 3. The van der Waals surface area contributed by atoms with E-state index in [2.05, 4.69) is 32.9 Å². The van der Waals surface area contributed by atoms with Crippen molar-refractivity contribution in [3.05, 3.63) is 72.1 Å². The van der Waals surface area contributed by atoms with E-state index in [4.69, 9.17) is 9.47 Å². The minimum Gasteiger partial charge on any atom is -0.497 e. The van der Waals surface area contributed by atoms with E-state index in [0.717, 1.165) is 28.3 Å². The Labute approximate surface area is 165 Å². The van der Waals surface area contributed by atoms with Crippen molar-refractivity contribution in [2.75, 3.05) is 21.3 Å². The van der Waals surface area contributed by atoms with Crippen molar-refractivity contribution in [2.45, 2.75) is 13.1 Å². The van der Waals surface area contributed by atoms with Crippen molar-refractivity contribution in [1.82, 2.24) is 20.4 Å². The first-order valence-electron chi connectivity index (χ1n) is 8.98. The van der Waals surface area contributed by atoms with Crippen LogP contribution in [0.5, 0.6) is 11.5 Å². The molecular formula is C21H25N5O2. The molecule has 7 heteroatoms. The normalized spacial score (nSPS) is 11.2. The average Bonchev–Trinajstić information content (AvgIpc) is 3.29. The van der Waals surface area contributed by atoms with Crippen molar-refractivity contribution < 1.29 is 9.47 Å². The highest BCUT2D eigenvalue weighted by atomic mass is 16.5. The van der Waals surface area contributed by atoms with Crippen LogP contribution < -0.4 is 20.1 Å². The SMILES string of the molecule is CN=C(NCc1cccc(-n2cccn2)c1)NCc1ccc(OC)cc1OC. The molecule has 1 heterocycles. The van der Waals surface area contributed by atoms with Gasteiger partial charge in [-0.2, -0.15) is 5.10 Å². The lowest BCUT2D eigenvalue weighted by atomic mass is 10.2. The summed E-state index contributed by atoms with van der Waals surface area (Å²) in [4.78, 5) is 4.29. The van der Waals surface area contributed by atoms with E-state index in [1.165, 1.54) is 0 Å². The van der Waals surface area contributed by atoms with Crippen LogP contribution in [0.4, 0.5) is 0 Å². The quantitative estimate of drug-likeness (QED) is 0.488. The molecule has 2 N–H and O–H groups in total. The van der Waals surface area contributed by atoms with E-state index in [-0.39, 0.29) is 0 Å². The molecule has 0 fully saturated rings. The van der Waals surface area contributed by atoms with Gasteiger partial charge >= 0.3 is 0 Å². The fourth-order valence-corrected chi connectivity index (χ4v) is 2.81. The topological polar surface area (TPSA) is 72.7 Å². The number of ether oxygens (including phenoxy) is 2. The highest BCUT2D eigenvalue weighted by Gasteiger charge is 2.06. The second kappa shape index (κ2) is 9.45. The summed E-state index contributed by atoms with van der Waals surface area (Å²) in [7, 11) is 5.04. The Hall–Kier alpha value is -3.48. The monoisotopic (exact) mass is 379 g/mol. The van der Waals surface area contributed by atoms with Crippen LogP contribution in [-0.2, 0) is 13.1 Å². The van der Waals surface area contributed by atoms with Gasteiger partial charge in [0.1, 0.15) is 11.5 Å². The van der Waals surface area contributed by atoms with Gasteiger partial charge in [-0.3, -0.25) is 4.99 Å². The van der Waals surface area contributed by atoms with Crippen LogP contribution >= 0.6 is 0 Å². The predicted molar refractivity (Wildman–Crippen MR) is 110 cm³/mol. The van der Waals surface area contributed by atoms with Gasteiger partial charge in [0.25, 0.3) is 0 Å². The minimum atomic E-state index is 0.583. The molecule has 3 aromatic rings. The number of methoxy groups -OCH3 is 2. The highest BCUT2D eigenvalue weighted by Crippen LogP contribution is 2.24. The maximum absolute atomic E-state index is 5.44. The highest BCUT2D eigenvalue weighted by molar-refractivity contribution is 5.79. The Balaban J connectivity index is 1.59. The molecule has 7 nitrogen and oxygen atoms in total. The summed E-state index contributed by atoms with van der Waals surface area (Å²) in [6.45, 7) is 1.23. The summed E-state index contributed by atoms with van der Waals surface area (Å²) in [5.41, 5.74) is 3.18. The summed E-state index contributed by atoms with van der Waals surface area (Å²) in [5.74, 6) is 2.25. The Kier molecular flexibility index (Phi) is 6.51. The van der Waals surface area contributed by atoms with Gasteiger partial charge in [-0.15, -0.1) is 0 Å². The summed E-state index contributed by atoms with van der Waals surface area (Å²) in [6, 6.07) is 15.9. The predicted octanol–water partition coefficient (Wildman–Crippen LogP) is 2.75. The summed E-state index contributed by atoms with van der Waals surface area (Å²) in [5, 5.41) is 10.9. The van der Waals surface area contributed by atoms with Gasteiger partial charge in [-0.05, 0) is 35.9 Å². The summed E-state index contributed by atoms with van der Waals surface area (Å²) < 4.78 is 12.5. The minimum absolute atomic E-state index is 0.583. The molecule has 0 atom stereocenters. The second-order valence-corrected chi connectivity index (χ2v) is 6.08. The molecule has 0 spiro atoms. The lowest BCUT2D eigenvalue weighted by Gasteiger charge is -2.15. The Bertz CT molecular complexity index is 922. The maximum Gasteiger partial charge on any atom is 0.191 e. The first-order chi connectivity index (χ1) is 13.7. The smallest absolute Gasteiger partial charge is 0.191 e. The zero-order chi connectivity index (χ0) is 19.8. The largest absolute Gasteiger partial charge is 0.497 e. The Morgan fingerprint density at radius 3 is 2.61 bits per heavy atom. The van der Waals surface area contributed by atoms with Gasteiger partial charge in [-0.25, -0.2) is 4.68 Å². The zero-order valence-corrected chi connectivity index (χ0v) is 16.3. The molecule has 0 unspecified atom stereocenters. The van der Waals surface area contributed by atoms with E-state index < -0.39 is 0 Å². The first-order valence-corrected chi connectivity index (χ1v) is 8.98. The molecular weight excluding hydrogens is 354 g/mol. The second-order valence-electron chi connectivity index (χ2n) is 6.08. The fraction of sp³-hybridized carbons (Fsp3) is 0.238. The Morgan fingerprint density at radius 1 is 1.04 bits per heavy atom. The number of nitrogens with one attached hydrogen (secondary N) is 2. The van der Waals surface area contributed by atoms with Crippen molar-refractivity contribution in [3.63, 3.8) is 0 Å². The van der Waals surface area contributed by atoms with Crippen LogP contribution in [0.25, 0.3) is 5.69 Å². The lowest BCUT2D eigenvalue weighted by Crippen LogP contribution is -2.36. The number of hydrogen-bond acceptors (Lipinski definition) is 4. The molecule has 146 valence electrons. The molecule has 2 aromatic carbocycles. The van der Waals surface area contributed by atoms with Crippen LogP contribution in [0, 0.1) is 0 Å². The first kappa shape index (κ1) is 19.3. The Morgan fingerprint density at radius 2 is 1.89 bits per heavy atom. The maximum atomic E-state index is 5.44. The number of guanidine groups is 1. The third kappa shape index (κ3) is 4.82. The molecule has 0 aliphatic heterocycles. The molecule has 0 aliphatic carbocycles. The molecule has 0 amide bonds. The number of benzene rings is 2. The molecule has 1 aromatic heterocycles.